The maximum Gasteiger partial charge on any atom is 0.427 e. The van der Waals surface area contributed by atoms with E-state index in [1.807, 2.05) is 37.3 Å². The number of unbranched alkanes of at least 4 members (excludes halogenated alkanes) is 1. The quantitative estimate of drug-likeness (QED) is 0.632. The molecule has 146 valence electrons. The van der Waals surface area contributed by atoms with E-state index in [4.69, 9.17) is 5.39 Å². The van der Waals surface area contributed by atoms with E-state index in [1.54, 1.807) is 0 Å². The van der Waals surface area contributed by atoms with Crippen LogP contribution in [0.2, 0.25) is 0 Å². The van der Waals surface area contributed by atoms with Crippen LogP contribution in [0.4, 0.5) is 5.69 Å². The molecule has 2 rings (SSSR count). The van der Waals surface area contributed by atoms with Gasteiger partial charge in [0.15, 0.2) is 4.98 Å². The summed E-state index contributed by atoms with van der Waals surface area (Å²) < 4.78 is 27.4. The lowest BCUT2D eigenvalue weighted by Crippen LogP contribution is -3.00. The van der Waals surface area contributed by atoms with Gasteiger partial charge < -0.3 is 17.5 Å². The van der Waals surface area contributed by atoms with Gasteiger partial charge in [0.1, 0.15) is 0 Å². The number of hydrogen-bond acceptors (Lipinski definition) is 4. The van der Waals surface area contributed by atoms with Crippen molar-refractivity contribution >= 4 is 15.7 Å². The third-order valence-corrected chi connectivity index (χ3v) is 6.06. The Morgan fingerprint density at radius 3 is 2.37 bits per heavy atom. The molecule has 6 nitrogen and oxygen atoms in total. The summed E-state index contributed by atoms with van der Waals surface area (Å²) in [5.41, 5.74) is 1.01. The highest BCUT2D eigenvalue weighted by atomic mass is 35.5. The molecule has 0 aliphatic carbocycles. The smallest absolute Gasteiger partial charge is 0.427 e. The van der Waals surface area contributed by atoms with Gasteiger partial charge in [0, 0.05) is 13.1 Å². The predicted octanol–water partition coefficient (Wildman–Crippen LogP) is 1.30. The molecule has 8 heteroatoms. The number of sulfonamides is 1. The Hall–Kier alpha value is -2.14. The summed E-state index contributed by atoms with van der Waals surface area (Å²) in [5.74, 6) is -0.268. The molecule has 0 aliphatic rings. The van der Waals surface area contributed by atoms with Crippen LogP contribution in [0, 0.1) is 5.39 Å². The first-order valence-electron chi connectivity index (χ1n) is 8.71. The summed E-state index contributed by atoms with van der Waals surface area (Å²) in [6.07, 6.45) is 3.16. The molecule has 0 saturated carbocycles. The second kappa shape index (κ2) is 10.9. The molecule has 0 amide bonds. The van der Waals surface area contributed by atoms with Gasteiger partial charge in [-0.2, -0.15) is 4.31 Å². The summed E-state index contributed by atoms with van der Waals surface area (Å²) >= 11 is 0. The Labute approximate surface area is 166 Å². The van der Waals surface area contributed by atoms with Crippen LogP contribution in [0.3, 0.4) is 0 Å². The first kappa shape index (κ1) is 22.9. The minimum absolute atomic E-state index is 0. The molecule has 2 aromatic rings. The van der Waals surface area contributed by atoms with E-state index >= 15 is 0 Å². The fraction of sp³-hybridized carbons (Fsp3) is 0.368. The van der Waals surface area contributed by atoms with E-state index in [2.05, 4.69) is 4.98 Å². The lowest BCUT2D eigenvalue weighted by Gasteiger charge is -2.22. The van der Waals surface area contributed by atoms with Gasteiger partial charge in [-0.3, -0.25) is 0 Å². The molecule has 0 heterocycles. The van der Waals surface area contributed by atoms with Gasteiger partial charge in [-0.25, -0.2) is 8.42 Å². The standard InChI is InChI=1S/C19H23N3O3S.ClH/c1-2-3-13-22(14-7-10-16-8-5-4-6-9-16)26(24,25)17-11-12-19(23)18(15-17)21-20;/h4-6,8-9,11-12,15H,2-3,7,10,13-14H2,1H3;1H. The average Bonchev–Trinajstić information content (AvgIpc) is 2.65. The summed E-state index contributed by atoms with van der Waals surface area (Å²) in [6, 6.07) is 13.7. The van der Waals surface area contributed by atoms with E-state index in [-0.39, 0.29) is 28.7 Å². The van der Waals surface area contributed by atoms with Crippen LogP contribution in [0.25, 0.3) is 4.98 Å². The first-order chi connectivity index (χ1) is 12.5. The van der Waals surface area contributed by atoms with Gasteiger partial charge in [0.2, 0.25) is 21.2 Å². The third-order valence-electron chi connectivity index (χ3n) is 4.17. The minimum atomic E-state index is -3.73. The number of benzene rings is 2. The van der Waals surface area contributed by atoms with Crippen LogP contribution in [-0.2, 0) is 16.4 Å². The van der Waals surface area contributed by atoms with E-state index in [9.17, 15) is 13.5 Å². The second-order valence-corrected chi connectivity index (χ2v) is 8.04. The number of phenols is 1. The second-order valence-electron chi connectivity index (χ2n) is 6.10. The van der Waals surface area contributed by atoms with Crippen LogP contribution in [0.5, 0.6) is 5.75 Å². The number of hydrogen-bond donors (Lipinski definition) is 1. The van der Waals surface area contributed by atoms with Crippen molar-refractivity contribution in [3.8, 4) is 5.75 Å². The van der Waals surface area contributed by atoms with Gasteiger partial charge >= 0.3 is 5.69 Å². The molecular weight excluding hydrogens is 386 g/mol. The number of aromatic hydroxyl groups is 1. The van der Waals surface area contributed by atoms with Crippen molar-refractivity contribution in [2.24, 2.45) is 0 Å². The van der Waals surface area contributed by atoms with E-state index in [0.29, 0.717) is 19.5 Å². The number of rotatable bonds is 9. The normalized spacial score (nSPS) is 11.0. The molecule has 0 saturated heterocycles. The van der Waals surface area contributed by atoms with Gasteiger partial charge in [0.25, 0.3) is 0 Å². The lowest BCUT2D eigenvalue weighted by atomic mass is 10.1. The Morgan fingerprint density at radius 2 is 1.74 bits per heavy atom. The lowest BCUT2D eigenvalue weighted by molar-refractivity contribution is -0.00000918. The molecule has 27 heavy (non-hydrogen) atoms. The van der Waals surface area contributed by atoms with E-state index in [1.165, 1.54) is 28.1 Å². The number of aryl methyl sites for hydroxylation is 1. The zero-order chi connectivity index (χ0) is 19.0. The summed E-state index contributed by atoms with van der Waals surface area (Å²) in [6.45, 7) is 2.85. The molecule has 0 bridgehead atoms. The van der Waals surface area contributed by atoms with Crippen molar-refractivity contribution in [2.45, 2.75) is 37.5 Å². The monoisotopic (exact) mass is 409 g/mol. The minimum Gasteiger partial charge on any atom is -1.00 e. The molecule has 0 spiro atoms. The molecule has 2 aromatic carbocycles. The van der Waals surface area contributed by atoms with Crippen molar-refractivity contribution in [2.75, 3.05) is 13.1 Å². The molecule has 0 unspecified atom stereocenters. The maximum absolute atomic E-state index is 13.0. The molecule has 0 fully saturated rings. The van der Waals surface area contributed by atoms with Gasteiger partial charge in [0.05, 0.1) is 11.0 Å². The average molecular weight is 410 g/mol. The van der Waals surface area contributed by atoms with Crippen molar-refractivity contribution in [3.63, 3.8) is 0 Å². The predicted molar refractivity (Wildman–Crippen MR) is 101 cm³/mol. The Kier molecular flexibility index (Phi) is 9.22. The van der Waals surface area contributed by atoms with Crippen LogP contribution in [0.15, 0.2) is 53.4 Å². The third kappa shape index (κ3) is 6.21. The highest BCUT2D eigenvalue weighted by Crippen LogP contribution is 2.30. The number of phenolic OH excluding ortho intramolecular Hbond substituents is 1. The largest absolute Gasteiger partial charge is 1.00 e. The summed E-state index contributed by atoms with van der Waals surface area (Å²) in [5, 5.41) is 18.5. The SMILES string of the molecule is CCCCN(CCCc1ccccc1)S(=O)(=O)c1ccc(O)c([N+]#N)c1.[Cl-]. The first-order valence-corrected chi connectivity index (χ1v) is 10.1. The zero-order valence-corrected chi connectivity index (χ0v) is 16.8. The van der Waals surface area contributed by atoms with Gasteiger partial charge in [-0.1, -0.05) is 43.7 Å². The van der Waals surface area contributed by atoms with Crippen molar-refractivity contribution in [1.82, 2.24) is 4.31 Å². The molecule has 0 aliphatic heterocycles. The number of nitrogens with zero attached hydrogens (tertiary/aromatic N) is 3. The summed E-state index contributed by atoms with van der Waals surface area (Å²) in [7, 11) is -3.73. The van der Waals surface area contributed by atoms with Crippen molar-refractivity contribution in [3.05, 3.63) is 59.1 Å². The fourth-order valence-electron chi connectivity index (χ4n) is 2.68. The van der Waals surface area contributed by atoms with Crippen LogP contribution in [-0.4, -0.2) is 30.9 Å². The van der Waals surface area contributed by atoms with Crippen molar-refractivity contribution in [1.29, 1.82) is 5.39 Å². The molecular formula is C19H24ClN3O3S. The molecule has 1 N–H and O–H groups in total. The highest BCUT2D eigenvalue weighted by Gasteiger charge is 2.27. The number of diazo groups is 1. The molecule has 0 radical (unpaired) electrons. The highest BCUT2D eigenvalue weighted by molar-refractivity contribution is 7.89. The molecule has 0 atom stereocenters. The van der Waals surface area contributed by atoms with Gasteiger partial charge in [-0.15, -0.1) is 0 Å². The van der Waals surface area contributed by atoms with Crippen LogP contribution in [0.1, 0.15) is 31.7 Å². The summed E-state index contributed by atoms with van der Waals surface area (Å²) in [4.78, 5) is 2.95. The van der Waals surface area contributed by atoms with Gasteiger partial charge in [-0.05, 0) is 37.0 Å². The number of halogens is 1. The topological polar surface area (TPSA) is 85.8 Å². The molecule has 0 aromatic heterocycles. The fourth-order valence-corrected chi connectivity index (χ4v) is 4.22. The van der Waals surface area contributed by atoms with Crippen molar-refractivity contribution < 1.29 is 25.9 Å². The van der Waals surface area contributed by atoms with E-state index < -0.39 is 10.0 Å². The van der Waals surface area contributed by atoms with Crippen LogP contribution >= 0.6 is 0 Å². The van der Waals surface area contributed by atoms with E-state index in [0.717, 1.165) is 19.3 Å². The Morgan fingerprint density at radius 1 is 1.07 bits per heavy atom. The van der Waals surface area contributed by atoms with Crippen LogP contribution < -0.4 is 12.4 Å². The Bertz CT molecular complexity index is 868. The Balaban J connectivity index is 0.00000364. The zero-order valence-electron chi connectivity index (χ0n) is 15.3. The maximum atomic E-state index is 13.0.